The van der Waals surface area contributed by atoms with Crippen molar-refractivity contribution in [3.05, 3.63) is 66.0 Å². The molecule has 1 fully saturated rings. The van der Waals surface area contributed by atoms with Gasteiger partial charge in [-0.25, -0.2) is 4.39 Å². The van der Waals surface area contributed by atoms with Crippen LogP contribution < -0.4 is 10.2 Å². The maximum Gasteiger partial charge on any atom is 0.227 e. The summed E-state index contributed by atoms with van der Waals surface area (Å²) in [4.78, 5) is 26.2. The van der Waals surface area contributed by atoms with Crippen LogP contribution in [0.2, 0.25) is 0 Å². The monoisotopic (exact) mass is 326 g/mol. The predicted molar refractivity (Wildman–Crippen MR) is 89.9 cm³/mol. The minimum Gasteiger partial charge on any atom is -0.349 e. The van der Waals surface area contributed by atoms with Gasteiger partial charge in [-0.2, -0.15) is 0 Å². The normalized spacial score (nSPS) is 18.5. The Morgan fingerprint density at radius 2 is 1.83 bits per heavy atom. The molecule has 24 heavy (non-hydrogen) atoms. The third kappa shape index (κ3) is 3.45. The van der Waals surface area contributed by atoms with Gasteiger partial charge in [0, 0.05) is 18.7 Å². The fourth-order valence-electron chi connectivity index (χ4n) is 2.91. The summed E-state index contributed by atoms with van der Waals surface area (Å²) in [6.07, 6.45) is 0.171. The number of nitrogens with zero attached hydrogens (tertiary/aromatic N) is 1. The number of nitrogens with one attached hydrogen (secondary N) is 1. The van der Waals surface area contributed by atoms with Gasteiger partial charge in [-0.15, -0.1) is 0 Å². The van der Waals surface area contributed by atoms with Gasteiger partial charge in [0.05, 0.1) is 12.0 Å². The lowest BCUT2D eigenvalue weighted by Crippen LogP contribution is -2.34. The molecular formula is C19H19FN2O2. The highest BCUT2D eigenvalue weighted by atomic mass is 19.1. The number of hydrogen-bond donors (Lipinski definition) is 1. The molecule has 0 saturated carbocycles. The lowest BCUT2D eigenvalue weighted by Gasteiger charge is -2.19. The molecule has 2 atom stereocenters. The standard InChI is InChI=1S/C19H19FN2O2/c1-13(14-5-3-2-4-6-14)21-19(24)15-11-18(23)22(12-15)17-9-7-16(20)8-10-17/h2-10,13,15H,11-12H2,1H3,(H,21,24). The molecule has 2 unspecified atom stereocenters. The molecule has 2 aromatic rings. The third-order valence-corrected chi connectivity index (χ3v) is 4.29. The molecule has 1 aliphatic rings. The topological polar surface area (TPSA) is 49.4 Å². The van der Waals surface area contributed by atoms with Gasteiger partial charge in [-0.05, 0) is 36.8 Å². The zero-order chi connectivity index (χ0) is 17.1. The van der Waals surface area contributed by atoms with E-state index >= 15 is 0 Å². The molecule has 4 nitrogen and oxygen atoms in total. The van der Waals surface area contributed by atoms with E-state index in [1.54, 1.807) is 12.1 Å². The largest absolute Gasteiger partial charge is 0.349 e. The summed E-state index contributed by atoms with van der Waals surface area (Å²) < 4.78 is 13.0. The Labute approximate surface area is 140 Å². The van der Waals surface area contributed by atoms with Gasteiger partial charge < -0.3 is 10.2 Å². The molecule has 124 valence electrons. The van der Waals surface area contributed by atoms with Crippen molar-refractivity contribution in [3.63, 3.8) is 0 Å². The summed E-state index contributed by atoms with van der Waals surface area (Å²) in [5, 5.41) is 2.96. The SMILES string of the molecule is CC(NC(=O)C1CC(=O)N(c2ccc(F)cc2)C1)c1ccccc1. The minimum atomic E-state index is -0.395. The summed E-state index contributed by atoms with van der Waals surface area (Å²) in [5.41, 5.74) is 1.64. The summed E-state index contributed by atoms with van der Waals surface area (Å²) in [6.45, 7) is 2.24. The minimum absolute atomic E-state index is 0.117. The number of benzene rings is 2. The van der Waals surface area contributed by atoms with Crippen LogP contribution in [0, 0.1) is 11.7 Å². The van der Waals surface area contributed by atoms with Crippen LogP contribution in [0.15, 0.2) is 54.6 Å². The highest BCUT2D eigenvalue weighted by molar-refractivity contribution is 6.00. The number of hydrogen-bond acceptors (Lipinski definition) is 2. The van der Waals surface area contributed by atoms with E-state index in [0.29, 0.717) is 12.2 Å². The predicted octanol–water partition coefficient (Wildman–Crippen LogP) is 3.06. The summed E-state index contributed by atoms with van der Waals surface area (Å²) in [6, 6.07) is 15.3. The van der Waals surface area contributed by atoms with Crippen LogP contribution in [0.25, 0.3) is 0 Å². The first-order valence-corrected chi connectivity index (χ1v) is 7.96. The number of carbonyl (C=O) groups excluding carboxylic acids is 2. The average Bonchev–Trinajstić information content (AvgIpc) is 2.98. The Morgan fingerprint density at radius 3 is 2.50 bits per heavy atom. The summed E-state index contributed by atoms with van der Waals surface area (Å²) >= 11 is 0. The van der Waals surface area contributed by atoms with Crippen molar-refractivity contribution in [1.29, 1.82) is 0 Å². The molecule has 0 radical (unpaired) electrons. The summed E-state index contributed by atoms with van der Waals surface area (Å²) in [5.74, 6) is -0.997. The second kappa shape index (κ2) is 6.83. The molecule has 1 N–H and O–H groups in total. The smallest absolute Gasteiger partial charge is 0.227 e. The fourth-order valence-corrected chi connectivity index (χ4v) is 2.91. The van der Waals surface area contributed by atoms with Crippen molar-refractivity contribution in [2.45, 2.75) is 19.4 Å². The zero-order valence-electron chi connectivity index (χ0n) is 13.4. The highest BCUT2D eigenvalue weighted by Gasteiger charge is 2.35. The molecule has 1 heterocycles. The van der Waals surface area contributed by atoms with Crippen molar-refractivity contribution in [2.75, 3.05) is 11.4 Å². The first-order chi connectivity index (χ1) is 11.5. The molecule has 1 saturated heterocycles. The third-order valence-electron chi connectivity index (χ3n) is 4.29. The number of anilines is 1. The Bertz CT molecular complexity index is 731. The summed E-state index contributed by atoms with van der Waals surface area (Å²) in [7, 11) is 0. The van der Waals surface area contributed by atoms with Gasteiger partial charge in [-0.1, -0.05) is 30.3 Å². The number of amides is 2. The quantitative estimate of drug-likeness (QED) is 0.939. The van der Waals surface area contributed by atoms with Crippen LogP contribution in [0.3, 0.4) is 0 Å². The van der Waals surface area contributed by atoms with Gasteiger partial charge in [-0.3, -0.25) is 9.59 Å². The second-order valence-electron chi connectivity index (χ2n) is 6.02. The van der Waals surface area contributed by atoms with Gasteiger partial charge in [0.1, 0.15) is 5.82 Å². The Balaban J connectivity index is 1.64. The number of halogens is 1. The van der Waals surface area contributed by atoms with Crippen molar-refractivity contribution in [2.24, 2.45) is 5.92 Å². The van der Waals surface area contributed by atoms with E-state index in [2.05, 4.69) is 5.32 Å². The molecular weight excluding hydrogens is 307 g/mol. The fraction of sp³-hybridized carbons (Fsp3) is 0.263. The van der Waals surface area contributed by atoms with E-state index in [1.807, 2.05) is 37.3 Å². The van der Waals surface area contributed by atoms with Gasteiger partial charge >= 0.3 is 0 Å². The Hall–Kier alpha value is -2.69. The molecule has 1 aliphatic heterocycles. The van der Waals surface area contributed by atoms with Gasteiger partial charge in [0.2, 0.25) is 11.8 Å². The maximum atomic E-state index is 13.0. The lowest BCUT2D eigenvalue weighted by molar-refractivity contribution is -0.126. The van der Waals surface area contributed by atoms with Crippen molar-refractivity contribution < 1.29 is 14.0 Å². The van der Waals surface area contributed by atoms with Crippen LogP contribution in [-0.4, -0.2) is 18.4 Å². The molecule has 2 amide bonds. The van der Waals surface area contributed by atoms with Gasteiger partial charge in [0.25, 0.3) is 0 Å². The first kappa shape index (κ1) is 16.2. The van der Waals surface area contributed by atoms with E-state index in [-0.39, 0.29) is 30.1 Å². The van der Waals surface area contributed by atoms with E-state index < -0.39 is 5.92 Å². The van der Waals surface area contributed by atoms with Crippen molar-refractivity contribution in [1.82, 2.24) is 5.32 Å². The van der Waals surface area contributed by atoms with E-state index in [4.69, 9.17) is 0 Å². The van der Waals surface area contributed by atoms with E-state index in [9.17, 15) is 14.0 Å². The maximum absolute atomic E-state index is 13.0. The molecule has 0 bridgehead atoms. The Kier molecular flexibility index (Phi) is 4.60. The molecule has 0 aliphatic carbocycles. The number of carbonyl (C=O) groups is 2. The molecule has 0 aromatic heterocycles. The van der Waals surface area contributed by atoms with Crippen LogP contribution in [-0.2, 0) is 9.59 Å². The van der Waals surface area contributed by atoms with Crippen LogP contribution in [0.1, 0.15) is 24.9 Å². The molecule has 2 aromatic carbocycles. The van der Waals surface area contributed by atoms with E-state index in [1.165, 1.54) is 17.0 Å². The van der Waals surface area contributed by atoms with Crippen molar-refractivity contribution >= 4 is 17.5 Å². The zero-order valence-corrected chi connectivity index (χ0v) is 13.4. The number of rotatable bonds is 4. The molecule has 0 spiro atoms. The van der Waals surface area contributed by atoms with Crippen LogP contribution in [0.4, 0.5) is 10.1 Å². The lowest BCUT2D eigenvalue weighted by atomic mass is 10.1. The van der Waals surface area contributed by atoms with Crippen LogP contribution in [0.5, 0.6) is 0 Å². The molecule has 3 rings (SSSR count). The molecule has 5 heteroatoms. The van der Waals surface area contributed by atoms with Crippen LogP contribution >= 0.6 is 0 Å². The Morgan fingerprint density at radius 1 is 1.17 bits per heavy atom. The van der Waals surface area contributed by atoms with E-state index in [0.717, 1.165) is 5.56 Å². The first-order valence-electron chi connectivity index (χ1n) is 7.96. The second-order valence-corrected chi connectivity index (χ2v) is 6.02. The average molecular weight is 326 g/mol. The highest BCUT2D eigenvalue weighted by Crippen LogP contribution is 2.26. The van der Waals surface area contributed by atoms with Gasteiger partial charge in [0.15, 0.2) is 0 Å². The van der Waals surface area contributed by atoms with Crippen molar-refractivity contribution in [3.8, 4) is 0 Å².